The Kier molecular flexibility index (Phi) is 4.94. The van der Waals surface area contributed by atoms with Crippen molar-refractivity contribution in [3.05, 3.63) is 47.7 Å². The largest absolute Gasteiger partial charge is 0.324 e. The second kappa shape index (κ2) is 7.14. The maximum atomic E-state index is 15.0. The Morgan fingerprint density at radius 1 is 1.40 bits per heavy atom. The Hall–Kier alpha value is -2.54. The fourth-order valence-corrected chi connectivity index (χ4v) is 2.84. The van der Waals surface area contributed by atoms with Crippen molar-refractivity contribution in [2.24, 2.45) is 0 Å². The molecule has 0 fully saturated rings. The zero-order valence-electron chi connectivity index (χ0n) is 14.1. The third kappa shape index (κ3) is 3.76. The van der Waals surface area contributed by atoms with E-state index in [0.29, 0.717) is 24.2 Å². The van der Waals surface area contributed by atoms with E-state index >= 15 is 0 Å². The van der Waals surface area contributed by atoms with Crippen LogP contribution in [0.15, 0.2) is 36.2 Å². The van der Waals surface area contributed by atoms with Crippen LogP contribution in [-0.4, -0.2) is 41.6 Å². The van der Waals surface area contributed by atoms with Crippen LogP contribution in [0.25, 0.3) is 10.9 Å². The summed E-state index contributed by atoms with van der Waals surface area (Å²) in [4.78, 5) is 13.9. The third-order valence-electron chi connectivity index (χ3n) is 4.14. The van der Waals surface area contributed by atoms with E-state index in [9.17, 15) is 13.6 Å². The lowest BCUT2D eigenvalue weighted by molar-refractivity contribution is -0.116. The first-order chi connectivity index (χ1) is 12.0. The molecule has 1 amide bonds. The fourth-order valence-electron chi connectivity index (χ4n) is 2.84. The lowest BCUT2D eigenvalue weighted by Gasteiger charge is -2.14. The summed E-state index contributed by atoms with van der Waals surface area (Å²) in [5.41, 5.74) is 1.06. The van der Waals surface area contributed by atoms with E-state index in [-0.39, 0.29) is 35.1 Å². The molecule has 1 aromatic carbocycles. The van der Waals surface area contributed by atoms with E-state index in [2.05, 4.69) is 15.5 Å². The smallest absolute Gasteiger partial charge is 0.225 e. The van der Waals surface area contributed by atoms with Gasteiger partial charge < -0.3 is 10.2 Å². The quantitative estimate of drug-likeness (QED) is 0.871. The van der Waals surface area contributed by atoms with Crippen molar-refractivity contribution in [2.75, 3.05) is 26.0 Å². The first-order valence-corrected chi connectivity index (χ1v) is 8.10. The summed E-state index contributed by atoms with van der Waals surface area (Å²) in [5.74, 6) is -1.48. The molecule has 1 atom stereocenters. The van der Waals surface area contributed by atoms with Crippen molar-refractivity contribution in [3.8, 4) is 0 Å². The Morgan fingerprint density at radius 2 is 2.20 bits per heavy atom. The summed E-state index contributed by atoms with van der Waals surface area (Å²) < 4.78 is 28.5. The van der Waals surface area contributed by atoms with Crippen LogP contribution in [0.3, 0.4) is 0 Å². The van der Waals surface area contributed by atoms with Crippen molar-refractivity contribution in [3.63, 3.8) is 0 Å². The van der Waals surface area contributed by atoms with Crippen molar-refractivity contribution in [1.29, 1.82) is 0 Å². The molecule has 0 bridgehead atoms. The molecule has 3 rings (SSSR count). The fraction of sp³-hybridized carbons (Fsp3) is 0.333. The average Bonchev–Trinajstić information content (AvgIpc) is 3.00. The molecule has 7 heteroatoms. The van der Waals surface area contributed by atoms with E-state index in [1.807, 2.05) is 19.0 Å². The number of nitrogens with zero attached hydrogens (tertiary/aromatic N) is 2. The molecule has 0 aliphatic heterocycles. The van der Waals surface area contributed by atoms with Gasteiger partial charge in [-0.1, -0.05) is 6.08 Å². The maximum Gasteiger partial charge on any atom is 0.225 e. The minimum Gasteiger partial charge on any atom is -0.324 e. The summed E-state index contributed by atoms with van der Waals surface area (Å²) >= 11 is 0. The molecule has 1 heterocycles. The predicted molar refractivity (Wildman–Crippen MR) is 93.5 cm³/mol. The van der Waals surface area contributed by atoms with E-state index in [1.165, 1.54) is 18.2 Å². The van der Waals surface area contributed by atoms with Crippen LogP contribution in [0.4, 0.5) is 14.5 Å². The molecule has 132 valence electrons. The minimum absolute atomic E-state index is 0.106. The topological polar surface area (TPSA) is 61.0 Å². The Balaban J connectivity index is 1.90. The molecule has 1 aliphatic rings. The van der Waals surface area contributed by atoms with Gasteiger partial charge in [-0.05, 0) is 44.8 Å². The number of hydrogen-bond acceptors (Lipinski definition) is 3. The van der Waals surface area contributed by atoms with Crippen LogP contribution in [-0.2, 0) is 4.79 Å². The molecule has 0 saturated heterocycles. The number of hydrogen-bond donors (Lipinski definition) is 2. The van der Waals surface area contributed by atoms with E-state index in [4.69, 9.17) is 0 Å². The van der Waals surface area contributed by atoms with Crippen LogP contribution < -0.4 is 5.32 Å². The highest BCUT2D eigenvalue weighted by atomic mass is 19.1. The SMILES string of the molecule is CN(C)CCC(=O)Nc1ccc2n[nH]c(C3C=C(F)C=CC3)c2c1F. The average molecular weight is 346 g/mol. The zero-order valence-corrected chi connectivity index (χ0v) is 14.1. The second-order valence-corrected chi connectivity index (χ2v) is 6.36. The van der Waals surface area contributed by atoms with Crippen LogP contribution >= 0.6 is 0 Å². The number of carbonyl (C=O) groups excluding carboxylic acids is 1. The molecule has 1 aromatic heterocycles. The molecule has 1 aliphatic carbocycles. The maximum absolute atomic E-state index is 15.0. The predicted octanol–water partition coefficient (Wildman–Crippen LogP) is 3.49. The number of aromatic nitrogens is 2. The first kappa shape index (κ1) is 17.3. The summed E-state index contributed by atoms with van der Waals surface area (Å²) in [6.45, 7) is 0.575. The zero-order chi connectivity index (χ0) is 18.0. The van der Waals surface area contributed by atoms with Gasteiger partial charge in [0.05, 0.1) is 22.3 Å². The van der Waals surface area contributed by atoms with E-state index < -0.39 is 5.82 Å². The molecule has 2 N–H and O–H groups in total. The second-order valence-electron chi connectivity index (χ2n) is 6.36. The van der Waals surface area contributed by atoms with Gasteiger partial charge >= 0.3 is 0 Å². The number of amides is 1. The van der Waals surface area contributed by atoms with Gasteiger partial charge in [0.15, 0.2) is 5.82 Å². The van der Waals surface area contributed by atoms with E-state index in [0.717, 1.165) is 0 Å². The number of carbonyl (C=O) groups is 1. The highest BCUT2D eigenvalue weighted by Gasteiger charge is 2.21. The Morgan fingerprint density at radius 3 is 2.92 bits per heavy atom. The monoisotopic (exact) mass is 346 g/mol. The number of fused-ring (bicyclic) bond motifs is 1. The third-order valence-corrected chi connectivity index (χ3v) is 4.14. The number of anilines is 1. The normalized spacial score (nSPS) is 17.2. The standard InChI is InChI=1S/C18H20F2N4O/c1-24(2)9-8-15(25)21-14-7-6-13-16(17(14)20)18(23-22-13)11-4-3-5-12(19)10-11/h3,5-7,10-11H,4,8-9H2,1-2H3,(H,21,25)(H,22,23). The number of rotatable bonds is 5. The summed E-state index contributed by atoms with van der Waals surface area (Å²) in [6, 6.07) is 3.13. The molecule has 2 aromatic rings. The Labute approximate surface area is 144 Å². The van der Waals surface area contributed by atoms with Crippen molar-refractivity contribution >= 4 is 22.5 Å². The van der Waals surface area contributed by atoms with Gasteiger partial charge in [0.25, 0.3) is 0 Å². The van der Waals surface area contributed by atoms with Gasteiger partial charge in [-0.3, -0.25) is 9.89 Å². The van der Waals surface area contributed by atoms with Crippen LogP contribution in [0.1, 0.15) is 24.5 Å². The van der Waals surface area contributed by atoms with Crippen LogP contribution in [0.2, 0.25) is 0 Å². The molecule has 0 radical (unpaired) electrons. The lowest BCUT2D eigenvalue weighted by atomic mass is 9.94. The first-order valence-electron chi connectivity index (χ1n) is 8.10. The molecular formula is C18H20F2N4O. The van der Waals surface area contributed by atoms with Crippen LogP contribution in [0, 0.1) is 5.82 Å². The van der Waals surface area contributed by atoms with Gasteiger partial charge in [0.1, 0.15) is 5.83 Å². The number of aromatic amines is 1. The molecule has 25 heavy (non-hydrogen) atoms. The summed E-state index contributed by atoms with van der Waals surface area (Å²) in [5, 5.41) is 9.80. The highest BCUT2D eigenvalue weighted by Crippen LogP contribution is 2.34. The van der Waals surface area contributed by atoms with Crippen LogP contribution in [0.5, 0.6) is 0 Å². The molecular weight excluding hydrogens is 326 g/mol. The lowest BCUT2D eigenvalue weighted by Crippen LogP contribution is -2.21. The number of nitrogens with one attached hydrogen (secondary N) is 2. The molecule has 0 saturated carbocycles. The van der Waals surface area contributed by atoms with Crippen molar-refractivity contribution < 1.29 is 13.6 Å². The van der Waals surface area contributed by atoms with Gasteiger partial charge in [-0.15, -0.1) is 0 Å². The number of H-pyrrole nitrogens is 1. The minimum atomic E-state index is -0.553. The molecule has 0 spiro atoms. The summed E-state index contributed by atoms with van der Waals surface area (Å²) in [7, 11) is 3.73. The highest BCUT2D eigenvalue weighted by molar-refractivity contribution is 5.95. The number of halogens is 2. The molecule has 1 unspecified atom stereocenters. The van der Waals surface area contributed by atoms with Gasteiger partial charge in [-0.25, -0.2) is 8.78 Å². The van der Waals surface area contributed by atoms with E-state index in [1.54, 1.807) is 12.1 Å². The van der Waals surface area contributed by atoms with Gasteiger partial charge in [0.2, 0.25) is 5.91 Å². The summed E-state index contributed by atoms with van der Waals surface area (Å²) in [6.07, 6.45) is 5.36. The molecule has 5 nitrogen and oxygen atoms in total. The number of benzene rings is 1. The number of allylic oxidation sites excluding steroid dienone is 4. The van der Waals surface area contributed by atoms with Crippen molar-refractivity contribution in [2.45, 2.75) is 18.8 Å². The Bertz CT molecular complexity index is 854. The van der Waals surface area contributed by atoms with Crippen molar-refractivity contribution in [1.82, 2.24) is 15.1 Å². The van der Waals surface area contributed by atoms with Gasteiger partial charge in [0, 0.05) is 18.9 Å². The van der Waals surface area contributed by atoms with Gasteiger partial charge in [-0.2, -0.15) is 5.10 Å².